The summed E-state index contributed by atoms with van der Waals surface area (Å²) in [5, 5.41) is 44.9. The van der Waals surface area contributed by atoms with Crippen molar-refractivity contribution in [3.05, 3.63) is 100 Å². The minimum Gasteiger partial charge on any atom is -0.495 e. The van der Waals surface area contributed by atoms with E-state index in [-0.39, 0.29) is 118 Å². The number of benzene rings is 4. The first-order valence-electron chi connectivity index (χ1n) is 22.7. The molecule has 0 spiro atoms. The van der Waals surface area contributed by atoms with Crippen molar-refractivity contribution >= 4 is 35.6 Å². The van der Waals surface area contributed by atoms with Crippen molar-refractivity contribution < 1.29 is 87.1 Å². The van der Waals surface area contributed by atoms with E-state index in [0.717, 1.165) is 0 Å². The average molecular weight is 997 g/mol. The summed E-state index contributed by atoms with van der Waals surface area (Å²) in [6, 6.07) is 0. The fourth-order valence-electron chi connectivity index (χ4n) is 10.4. The van der Waals surface area contributed by atoms with E-state index in [1.54, 1.807) is 69.2 Å². The largest absolute Gasteiger partial charge is 0.495 e. The highest BCUT2D eigenvalue weighted by Gasteiger charge is 2.71. The van der Waals surface area contributed by atoms with E-state index in [1.165, 1.54) is 56.1 Å². The molecule has 4 aromatic carbocycles. The van der Waals surface area contributed by atoms with Crippen molar-refractivity contribution in [3.8, 4) is 46.0 Å². The van der Waals surface area contributed by atoms with Crippen molar-refractivity contribution in [3.63, 3.8) is 0 Å². The van der Waals surface area contributed by atoms with Gasteiger partial charge in [-0.25, -0.2) is 24.0 Å². The average Bonchev–Trinajstić information content (AvgIpc) is 3.31. The topological polar surface area (TPSA) is 257 Å². The number of aromatic carboxylic acids is 2. The number of carboxylic acid groups (broad SMARTS) is 2. The van der Waals surface area contributed by atoms with Gasteiger partial charge in [0.25, 0.3) is 5.79 Å². The summed E-state index contributed by atoms with van der Waals surface area (Å²) in [4.78, 5) is 82.6. The first-order chi connectivity index (χ1) is 33.4. The molecule has 0 radical (unpaired) electrons. The molecule has 1 aliphatic carbocycles. The zero-order valence-corrected chi connectivity index (χ0v) is 43.7. The second-order valence-electron chi connectivity index (χ2n) is 18.7. The summed E-state index contributed by atoms with van der Waals surface area (Å²) >= 11 is 0. The Bertz CT molecular complexity index is 3150. The quantitative estimate of drug-likeness (QED) is 0.0599. The van der Waals surface area contributed by atoms with Gasteiger partial charge in [-0.3, -0.25) is 4.79 Å². The summed E-state index contributed by atoms with van der Waals surface area (Å²) in [6.45, 7) is 21.1. The predicted molar refractivity (Wildman–Crippen MR) is 259 cm³/mol. The van der Waals surface area contributed by atoms with Crippen LogP contribution < -0.4 is 37.9 Å². The van der Waals surface area contributed by atoms with E-state index in [2.05, 4.69) is 0 Å². The van der Waals surface area contributed by atoms with Crippen LogP contribution in [0.5, 0.6) is 46.0 Å². The Kier molecular flexibility index (Phi) is 13.9. The number of aliphatic hydroxyl groups is 2. The van der Waals surface area contributed by atoms with Crippen LogP contribution in [0.15, 0.2) is 11.1 Å². The first kappa shape index (κ1) is 53.9. The van der Waals surface area contributed by atoms with Gasteiger partial charge in [-0.1, -0.05) is 0 Å². The number of hydrogen-bond acceptors (Lipinski definition) is 16. The zero-order valence-electron chi connectivity index (χ0n) is 43.7. The number of fused-ring (bicyclic) bond motifs is 2. The maximum absolute atomic E-state index is 15.1. The third-order valence-corrected chi connectivity index (χ3v) is 15.0. The van der Waals surface area contributed by atoms with Crippen LogP contribution in [0.25, 0.3) is 0 Å². The number of Topliss-reactive ketones (excluding diaryl/α,β-unsaturated/α-hetero) is 1. The Hall–Kier alpha value is -7.44. The Balaban J connectivity index is 1.41. The van der Waals surface area contributed by atoms with E-state index in [4.69, 9.17) is 37.9 Å². The monoisotopic (exact) mass is 996 g/mol. The zero-order chi connectivity index (χ0) is 54.3. The molecule has 18 nitrogen and oxygen atoms in total. The van der Waals surface area contributed by atoms with Crippen LogP contribution in [-0.2, 0) is 16.0 Å². The molecular formula is C54H60O18. The molecule has 1 heterocycles. The number of carboxylic acids is 2. The Morgan fingerprint density at radius 2 is 0.792 bits per heavy atom. The fourth-order valence-corrected chi connectivity index (χ4v) is 10.4. The number of rotatable bonds is 12. The van der Waals surface area contributed by atoms with Crippen LogP contribution >= 0.6 is 0 Å². The van der Waals surface area contributed by atoms with Crippen molar-refractivity contribution in [2.24, 2.45) is 5.41 Å². The summed E-state index contributed by atoms with van der Waals surface area (Å²) in [7, 11) is 5.22. The highest BCUT2D eigenvalue weighted by atomic mass is 16.6. The smallest absolute Gasteiger partial charge is 0.347 e. The molecule has 6 rings (SSSR count). The molecule has 384 valence electrons. The Morgan fingerprint density at radius 3 is 1.17 bits per heavy atom. The fraction of sp³-hybridized carbons (Fsp3) is 0.407. The van der Waals surface area contributed by atoms with Crippen LogP contribution in [0.1, 0.15) is 129 Å². The lowest BCUT2D eigenvalue weighted by Gasteiger charge is -2.56. The molecule has 3 atom stereocenters. The molecule has 72 heavy (non-hydrogen) atoms. The summed E-state index contributed by atoms with van der Waals surface area (Å²) in [6.07, 6.45) is -0.391. The van der Waals surface area contributed by atoms with Crippen molar-refractivity contribution in [1.29, 1.82) is 0 Å². The highest BCUT2D eigenvalue weighted by molar-refractivity contribution is 6.22. The lowest BCUT2D eigenvalue weighted by Crippen LogP contribution is -2.73. The van der Waals surface area contributed by atoms with Gasteiger partial charge in [-0.05, 0) is 153 Å². The van der Waals surface area contributed by atoms with E-state index in [1.807, 2.05) is 0 Å². The maximum atomic E-state index is 15.1. The molecule has 4 N–H and O–H groups in total. The molecule has 0 saturated heterocycles. The predicted octanol–water partition coefficient (Wildman–Crippen LogP) is 7.83. The van der Waals surface area contributed by atoms with Crippen molar-refractivity contribution in [1.82, 2.24) is 0 Å². The highest BCUT2D eigenvalue weighted by Crippen LogP contribution is 2.58. The number of ether oxygens (including phenoxy) is 8. The van der Waals surface area contributed by atoms with Gasteiger partial charge in [0.15, 0.2) is 5.78 Å². The van der Waals surface area contributed by atoms with Gasteiger partial charge < -0.3 is 58.3 Å². The summed E-state index contributed by atoms with van der Waals surface area (Å²) in [5.74, 6) is -9.10. The van der Waals surface area contributed by atoms with Crippen LogP contribution in [0.3, 0.4) is 0 Å². The number of ketones is 1. The van der Waals surface area contributed by atoms with E-state index < -0.39 is 64.4 Å². The molecule has 1 aliphatic heterocycles. The van der Waals surface area contributed by atoms with Gasteiger partial charge in [0.2, 0.25) is 0 Å². The second kappa shape index (κ2) is 18.6. The number of methoxy groups -OCH3 is 4. The number of hydrogen-bond donors (Lipinski definition) is 4. The molecule has 2 aliphatic rings. The van der Waals surface area contributed by atoms with Gasteiger partial charge in [0, 0.05) is 22.3 Å². The minimum atomic E-state index is -2.72. The van der Waals surface area contributed by atoms with Gasteiger partial charge in [-0.2, -0.15) is 0 Å². The third-order valence-electron chi connectivity index (χ3n) is 15.0. The molecule has 4 aromatic rings. The molecular weight excluding hydrogens is 937 g/mol. The SMILES string of the molecule is COc1c(C)c(OC(=O)c2c(C)c(C)c(OC(=O)C3=C(C)[C@](C)(O)[C@]4(O)Oc5c(C)c(OC)c(C(=O)Oc6c(C)c(C)c(C(=O)O)c(OC)c6C)c(C)c5C[C@]4(C)C3=O)c(C)c2OC)c(C)c(C)c1C(=O)O. The van der Waals surface area contributed by atoms with Gasteiger partial charge in [-0.15, -0.1) is 0 Å². The van der Waals surface area contributed by atoms with Gasteiger partial charge in [0.05, 0.1) is 28.4 Å². The van der Waals surface area contributed by atoms with Crippen LogP contribution in [0, 0.1) is 81.6 Å². The Morgan fingerprint density at radius 1 is 0.458 bits per heavy atom. The maximum Gasteiger partial charge on any atom is 0.347 e. The molecule has 0 amide bonds. The molecule has 0 fully saturated rings. The number of carbonyl (C=O) groups is 6. The van der Waals surface area contributed by atoms with Crippen molar-refractivity contribution in [2.45, 2.75) is 115 Å². The number of esters is 3. The molecule has 0 saturated carbocycles. The third kappa shape index (κ3) is 7.61. The minimum absolute atomic E-state index is 0.00189. The van der Waals surface area contributed by atoms with Crippen LogP contribution in [-0.4, -0.2) is 95.9 Å². The molecule has 18 heteroatoms. The molecule has 0 aromatic heterocycles. The lowest BCUT2D eigenvalue weighted by molar-refractivity contribution is -0.297. The van der Waals surface area contributed by atoms with Gasteiger partial charge in [0.1, 0.15) is 84.8 Å². The first-order valence-corrected chi connectivity index (χ1v) is 22.7. The number of carbonyl (C=O) groups excluding carboxylic acids is 4. The summed E-state index contributed by atoms with van der Waals surface area (Å²) < 4.78 is 46.7. The van der Waals surface area contributed by atoms with E-state index in [0.29, 0.717) is 22.3 Å². The van der Waals surface area contributed by atoms with Crippen LogP contribution in [0.2, 0.25) is 0 Å². The normalized spacial score (nSPS) is 19.1. The molecule has 0 unspecified atom stereocenters. The van der Waals surface area contributed by atoms with E-state index >= 15 is 4.79 Å². The van der Waals surface area contributed by atoms with Crippen molar-refractivity contribution in [2.75, 3.05) is 28.4 Å². The second-order valence-corrected chi connectivity index (χ2v) is 18.7. The Labute approximate surface area is 416 Å². The van der Waals surface area contributed by atoms with Crippen LogP contribution in [0.4, 0.5) is 0 Å². The lowest BCUT2D eigenvalue weighted by atomic mass is 9.57. The van der Waals surface area contributed by atoms with Gasteiger partial charge >= 0.3 is 29.8 Å². The molecule has 0 bridgehead atoms. The standard InChI is InChI=1S/C54H60O18/c1-20-23(4)38(27(8)42(65-15)33(20)47(56)57)69-49(60)35-22(3)25(6)40(29(10)44(35)67-17)71-51(62)37-31(12)53(14,63)54(64)52(13,46(37)55)19-32-26(7)36(45(68-18)30(11)41(32)72-54)50(61)70-39-24(5)21(2)34(48(58)59)43(66-16)28(39)9/h63-64H,19H2,1-18H3,(H,56,57)(H,58,59)/t52-,53+,54-/m1/s1. The summed E-state index contributed by atoms with van der Waals surface area (Å²) in [5.41, 5.74) is -2.48. The van der Waals surface area contributed by atoms with E-state index in [9.17, 15) is 44.4 Å².